The molecule has 0 radical (unpaired) electrons. The molecule has 0 aliphatic heterocycles. The number of hydrogen-bond donors (Lipinski definition) is 2. The monoisotopic (exact) mass is 275 g/mol. The Morgan fingerprint density at radius 3 is 2.90 bits per heavy atom. The normalized spacial score (nSPS) is 12.3. The first-order valence-corrected chi connectivity index (χ1v) is 6.36. The first kappa shape index (κ1) is 14.0. The van der Waals surface area contributed by atoms with Crippen LogP contribution in [0.4, 0.5) is 0 Å². The Hall–Kier alpha value is -2.37. The van der Waals surface area contributed by atoms with Gasteiger partial charge in [-0.3, -0.25) is 14.7 Å². The van der Waals surface area contributed by atoms with Crippen LogP contribution in [0.1, 0.15) is 12.5 Å². The molecule has 106 valence electrons. The van der Waals surface area contributed by atoms with Crippen LogP contribution in [0.3, 0.4) is 0 Å². The maximum atomic E-state index is 12.1. The van der Waals surface area contributed by atoms with Gasteiger partial charge in [0.2, 0.25) is 5.91 Å². The molecule has 0 bridgehead atoms. The lowest BCUT2D eigenvalue weighted by Crippen LogP contribution is -2.34. The van der Waals surface area contributed by atoms with Crippen LogP contribution in [0.5, 0.6) is 0 Å². The third-order valence-corrected chi connectivity index (χ3v) is 3.26. The Kier molecular flexibility index (Phi) is 4.02. The summed E-state index contributed by atoms with van der Waals surface area (Å²) in [5.74, 6) is -1.57. The standard InChI is InChI=1S/C14H17N3O3/c1-9(14(19)20)8-17(2)13(18)6-10-3-4-11-7-15-16-12(11)5-10/h3-5,7,9H,6,8H2,1-2H3,(H,15,16)(H,19,20). The molecular formula is C14H17N3O3. The number of fused-ring (bicyclic) bond motifs is 1. The van der Waals surface area contributed by atoms with Crippen LogP contribution >= 0.6 is 0 Å². The second-order valence-electron chi connectivity index (χ2n) is 4.98. The van der Waals surface area contributed by atoms with Crippen molar-refractivity contribution in [3.63, 3.8) is 0 Å². The van der Waals surface area contributed by atoms with E-state index in [4.69, 9.17) is 5.11 Å². The number of carbonyl (C=O) groups excluding carboxylic acids is 1. The van der Waals surface area contributed by atoms with E-state index in [-0.39, 0.29) is 18.9 Å². The first-order chi connectivity index (χ1) is 9.47. The number of rotatable bonds is 5. The smallest absolute Gasteiger partial charge is 0.308 e. The summed E-state index contributed by atoms with van der Waals surface area (Å²) in [6.45, 7) is 1.79. The van der Waals surface area contributed by atoms with Crippen LogP contribution in [0.15, 0.2) is 24.4 Å². The number of carbonyl (C=O) groups is 2. The van der Waals surface area contributed by atoms with Gasteiger partial charge in [-0.15, -0.1) is 0 Å². The lowest BCUT2D eigenvalue weighted by molar-refractivity contribution is -0.142. The Morgan fingerprint density at radius 1 is 1.45 bits per heavy atom. The summed E-state index contributed by atoms with van der Waals surface area (Å²) in [5.41, 5.74) is 1.76. The van der Waals surface area contributed by atoms with E-state index in [2.05, 4.69) is 10.2 Å². The van der Waals surface area contributed by atoms with E-state index < -0.39 is 11.9 Å². The van der Waals surface area contributed by atoms with Crippen LogP contribution in [0.25, 0.3) is 10.9 Å². The maximum absolute atomic E-state index is 12.1. The maximum Gasteiger partial charge on any atom is 0.308 e. The topological polar surface area (TPSA) is 86.3 Å². The number of carboxylic acid groups (broad SMARTS) is 1. The van der Waals surface area contributed by atoms with Gasteiger partial charge in [0.1, 0.15) is 0 Å². The van der Waals surface area contributed by atoms with Crippen molar-refractivity contribution in [3.05, 3.63) is 30.0 Å². The van der Waals surface area contributed by atoms with Crippen LogP contribution < -0.4 is 0 Å². The van der Waals surface area contributed by atoms with E-state index in [1.165, 1.54) is 4.90 Å². The molecule has 1 aromatic carbocycles. The van der Waals surface area contributed by atoms with Crippen molar-refractivity contribution in [1.29, 1.82) is 0 Å². The number of amides is 1. The number of nitrogens with zero attached hydrogens (tertiary/aromatic N) is 2. The van der Waals surface area contributed by atoms with Gasteiger partial charge < -0.3 is 10.0 Å². The van der Waals surface area contributed by atoms with Crippen LogP contribution in [-0.2, 0) is 16.0 Å². The molecule has 0 saturated carbocycles. The van der Waals surface area contributed by atoms with Crippen molar-refractivity contribution in [3.8, 4) is 0 Å². The number of likely N-dealkylation sites (N-methyl/N-ethyl adjacent to an activating group) is 1. The van der Waals surface area contributed by atoms with Crippen LogP contribution in [-0.4, -0.2) is 45.7 Å². The van der Waals surface area contributed by atoms with E-state index in [1.54, 1.807) is 20.2 Å². The van der Waals surface area contributed by atoms with Gasteiger partial charge >= 0.3 is 5.97 Å². The van der Waals surface area contributed by atoms with Gasteiger partial charge in [0.05, 0.1) is 24.1 Å². The molecule has 6 heteroatoms. The first-order valence-electron chi connectivity index (χ1n) is 6.36. The Labute approximate surface area is 116 Å². The summed E-state index contributed by atoms with van der Waals surface area (Å²) in [4.78, 5) is 24.3. The highest BCUT2D eigenvalue weighted by Crippen LogP contribution is 2.14. The molecule has 2 rings (SSSR count). The van der Waals surface area contributed by atoms with Gasteiger partial charge in [-0.2, -0.15) is 5.10 Å². The minimum absolute atomic E-state index is 0.100. The third-order valence-electron chi connectivity index (χ3n) is 3.26. The molecule has 0 aliphatic carbocycles. The van der Waals surface area contributed by atoms with Gasteiger partial charge in [-0.1, -0.05) is 19.1 Å². The quantitative estimate of drug-likeness (QED) is 0.860. The van der Waals surface area contributed by atoms with Crippen molar-refractivity contribution < 1.29 is 14.7 Å². The molecule has 0 aliphatic rings. The van der Waals surface area contributed by atoms with E-state index >= 15 is 0 Å². The zero-order valence-electron chi connectivity index (χ0n) is 11.5. The van der Waals surface area contributed by atoms with Crippen molar-refractivity contribution in [2.75, 3.05) is 13.6 Å². The predicted octanol–water partition coefficient (Wildman–Crippen LogP) is 1.28. The molecule has 1 amide bonds. The molecule has 0 spiro atoms. The largest absolute Gasteiger partial charge is 0.481 e. The van der Waals surface area contributed by atoms with Gasteiger partial charge in [-0.05, 0) is 11.6 Å². The molecule has 2 N–H and O–H groups in total. The van der Waals surface area contributed by atoms with Crippen molar-refractivity contribution >= 4 is 22.8 Å². The summed E-state index contributed by atoms with van der Waals surface area (Å²) in [7, 11) is 1.62. The number of aliphatic carboxylic acids is 1. The number of carboxylic acids is 1. The summed E-state index contributed by atoms with van der Waals surface area (Å²) < 4.78 is 0. The average Bonchev–Trinajstić information content (AvgIpc) is 2.85. The SMILES string of the molecule is CC(CN(C)C(=O)Cc1ccc2cn[nH]c2c1)C(=O)O. The van der Waals surface area contributed by atoms with E-state index in [9.17, 15) is 9.59 Å². The number of nitrogens with one attached hydrogen (secondary N) is 1. The molecule has 1 unspecified atom stereocenters. The van der Waals surface area contributed by atoms with E-state index in [0.717, 1.165) is 16.5 Å². The number of benzene rings is 1. The highest BCUT2D eigenvalue weighted by atomic mass is 16.4. The number of hydrogen-bond acceptors (Lipinski definition) is 3. The summed E-state index contributed by atoms with van der Waals surface area (Å²) in [5, 5.41) is 16.6. The molecular weight excluding hydrogens is 258 g/mol. The van der Waals surface area contributed by atoms with E-state index in [1.807, 2.05) is 18.2 Å². The zero-order chi connectivity index (χ0) is 14.7. The summed E-state index contributed by atoms with van der Waals surface area (Å²) in [6, 6.07) is 5.67. The fourth-order valence-corrected chi connectivity index (χ4v) is 1.99. The van der Waals surface area contributed by atoms with Gasteiger partial charge in [0.15, 0.2) is 0 Å². The molecule has 6 nitrogen and oxygen atoms in total. The average molecular weight is 275 g/mol. The van der Waals surface area contributed by atoms with Crippen LogP contribution in [0.2, 0.25) is 0 Å². The molecule has 1 heterocycles. The van der Waals surface area contributed by atoms with Crippen molar-refractivity contribution in [1.82, 2.24) is 15.1 Å². The van der Waals surface area contributed by atoms with Crippen molar-refractivity contribution in [2.24, 2.45) is 5.92 Å². The molecule has 2 aromatic rings. The Morgan fingerprint density at radius 2 is 2.20 bits per heavy atom. The third kappa shape index (κ3) is 3.14. The minimum Gasteiger partial charge on any atom is -0.481 e. The summed E-state index contributed by atoms with van der Waals surface area (Å²) >= 11 is 0. The number of aromatic amines is 1. The molecule has 0 fully saturated rings. The van der Waals surface area contributed by atoms with Crippen molar-refractivity contribution in [2.45, 2.75) is 13.3 Å². The number of H-pyrrole nitrogens is 1. The second-order valence-corrected chi connectivity index (χ2v) is 4.98. The van der Waals surface area contributed by atoms with E-state index in [0.29, 0.717) is 0 Å². The lowest BCUT2D eigenvalue weighted by Gasteiger charge is -2.19. The second kappa shape index (κ2) is 5.73. The predicted molar refractivity (Wildman–Crippen MR) is 74.2 cm³/mol. The minimum atomic E-state index is -0.900. The van der Waals surface area contributed by atoms with Gasteiger partial charge in [-0.25, -0.2) is 0 Å². The fraction of sp³-hybridized carbons (Fsp3) is 0.357. The Bertz CT molecular complexity index is 635. The molecule has 1 atom stereocenters. The zero-order valence-corrected chi connectivity index (χ0v) is 11.5. The molecule has 1 aromatic heterocycles. The highest BCUT2D eigenvalue weighted by molar-refractivity contribution is 5.83. The van der Waals surface area contributed by atoms with Gasteiger partial charge in [0, 0.05) is 19.0 Å². The summed E-state index contributed by atoms with van der Waals surface area (Å²) in [6.07, 6.45) is 1.97. The highest BCUT2D eigenvalue weighted by Gasteiger charge is 2.17. The fourth-order valence-electron chi connectivity index (χ4n) is 1.99. The van der Waals surface area contributed by atoms with Gasteiger partial charge in [0.25, 0.3) is 0 Å². The number of aromatic nitrogens is 2. The van der Waals surface area contributed by atoms with Crippen LogP contribution in [0, 0.1) is 5.92 Å². The molecule has 20 heavy (non-hydrogen) atoms. The lowest BCUT2D eigenvalue weighted by atomic mass is 10.1. The molecule has 0 saturated heterocycles. The Balaban J connectivity index is 2.01.